The van der Waals surface area contributed by atoms with E-state index in [1.165, 1.54) is 0 Å². The van der Waals surface area contributed by atoms with E-state index in [0.29, 0.717) is 5.84 Å². The highest BCUT2D eigenvalue weighted by Crippen LogP contribution is 2.14. The first-order valence-electron chi connectivity index (χ1n) is 5.95. The zero-order valence-corrected chi connectivity index (χ0v) is 10.7. The van der Waals surface area contributed by atoms with Crippen LogP contribution in [-0.2, 0) is 0 Å². The largest absolute Gasteiger partial charge is 0.494 e. The molecular formula is C13H21N3O. The van der Waals surface area contributed by atoms with Crippen molar-refractivity contribution in [3.8, 4) is 5.75 Å². The molecule has 0 aromatic heterocycles. The molecule has 1 aromatic carbocycles. The summed E-state index contributed by atoms with van der Waals surface area (Å²) in [5, 5.41) is 0. The summed E-state index contributed by atoms with van der Waals surface area (Å²) in [6.45, 7) is 6.82. The minimum atomic E-state index is 0.196. The van der Waals surface area contributed by atoms with Crippen molar-refractivity contribution in [2.24, 2.45) is 10.8 Å². The monoisotopic (exact) mass is 235 g/mol. The third-order valence-corrected chi connectivity index (χ3v) is 2.10. The molecule has 4 nitrogen and oxygen atoms in total. The Labute approximate surface area is 103 Å². The van der Waals surface area contributed by atoms with Gasteiger partial charge in [0.05, 0.1) is 6.61 Å². The van der Waals surface area contributed by atoms with Crippen LogP contribution in [0.25, 0.3) is 0 Å². The lowest BCUT2D eigenvalue weighted by atomic mass is 10.2. The molecule has 0 unspecified atom stereocenters. The lowest BCUT2D eigenvalue weighted by molar-refractivity contribution is 0.317. The summed E-state index contributed by atoms with van der Waals surface area (Å²) < 4.78 is 5.57. The minimum Gasteiger partial charge on any atom is -0.494 e. The maximum atomic E-state index is 5.57. The smallest absolute Gasteiger partial charge is 0.142 e. The van der Waals surface area contributed by atoms with E-state index in [1.54, 1.807) is 0 Å². The average molecular weight is 235 g/mol. The number of hydrogen-bond acceptors (Lipinski definition) is 3. The van der Waals surface area contributed by atoms with Gasteiger partial charge in [0.25, 0.3) is 0 Å². The molecule has 0 radical (unpaired) electrons. The van der Waals surface area contributed by atoms with Gasteiger partial charge >= 0.3 is 0 Å². The fourth-order valence-corrected chi connectivity index (χ4v) is 1.41. The number of rotatable bonds is 5. The average Bonchev–Trinajstić information content (AvgIpc) is 2.33. The summed E-state index contributed by atoms with van der Waals surface area (Å²) in [5.74, 6) is 7.01. The van der Waals surface area contributed by atoms with Crippen LogP contribution in [0.3, 0.4) is 0 Å². The molecule has 1 rings (SSSR count). The first kappa shape index (κ1) is 13.5. The highest BCUT2D eigenvalue weighted by atomic mass is 16.5. The molecule has 0 saturated carbocycles. The van der Waals surface area contributed by atoms with E-state index < -0.39 is 0 Å². The highest BCUT2D eigenvalue weighted by Gasteiger charge is 2.04. The summed E-state index contributed by atoms with van der Waals surface area (Å²) >= 11 is 0. The van der Waals surface area contributed by atoms with Crippen molar-refractivity contribution in [3.63, 3.8) is 0 Å². The van der Waals surface area contributed by atoms with Crippen LogP contribution in [-0.4, -0.2) is 18.5 Å². The van der Waals surface area contributed by atoms with Crippen LogP contribution in [0.5, 0.6) is 5.75 Å². The van der Waals surface area contributed by atoms with Crippen LogP contribution in [0.1, 0.15) is 32.8 Å². The molecule has 0 atom stereocenters. The molecule has 0 aliphatic carbocycles. The van der Waals surface area contributed by atoms with Gasteiger partial charge in [-0.15, -0.1) is 0 Å². The predicted octanol–water partition coefficient (Wildman–Crippen LogP) is 2.09. The predicted molar refractivity (Wildman–Crippen MR) is 71.2 cm³/mol. The molecule has 0 aliphatic heterocycles. The number of ether oxygens (including phenoxy) is 1. The summed E-state index contributed by atoms with van der Waals surface area (Å²) in [5.41, 5.74) is 3.57. The molecule has 0 heterocycles. The maximum Gasteiger partial charge on any atom is 0.142 e. The van der Waals surface area contributed by atoms with Gasteiger partial charge < -0.3 is 10.2 Å². The van der Waals surface area contributed by atoms with Crippen molar-refractivity contribution in [3.05, 3.63) is 29.8 Å². The molecule has 0 bridgehead atoms. The third-order valence-electron chi connectivity index (χ3n) is 2.10. The molecule has 0 aliphatic rings. The van der Waals surface area contributed by atoms with Crippen molar-refractivity contribution in [1.29, 1.82) is 0 Å². The number of amidine groups is 1. The molecule has 4 heteroatoms. The van der Waals surface area contributed by atoms with Crippen molar-refractivity contribution in [2.75, 3.05) is 6.61 Å². The topological polar surface area (TPSA) is 59.6 Å². The summed E-state index contributed by atoms with van der Waals surface area (Å²) in [6.07, 6.45) is 0.992. The standard InChI is InChI=1S/C13H21N3O/c1-4-8-17-12-7-5-6-11(9-12)13(16-14)15-10(2)3/h5-7,9-10H,4,8,14H2,1-3H3,(H,15,16). The van der Waals surface area contributed by atoms with Crippen molar-refractivity contribution < 1.29 is 4.74 Å². The Kier molecular flexibility index (Phi) is 5.49. The van der Waals surface area contributed by atoms with E-state index >= 15 is 0 Å². The molecule has 94 valence electrons. The Morgan fingerprint density at radius 3 is 2.82 bits per heavy atom. The van der Waals surface area contributed by atoms with Crippen LogP contribution >= 0.6 is 0 Å². The number of aliphatic imine (C=N–C) groups is 1. The second-order valence-corrected chi connectivity index (χ2v) is 4.09. The lowest BCUT2D eigenvalue weighted by Gasteiger charge is -2.10. The highest BCUT2D eigenvalue weighted by molar-refractivity contribution is 5.98. The second-order valence-electron chi connectivity index (χ2n) is 4.09. The molecule has 0 spiro atoms. The lowest BCUT2D eigenvalue weighted by Crippen LogP contribution is -2.32. The van der Waals surface area contributed by atoms with E-state index in [9.17, 15) is 0 Å². The summed E-state index contributed by atoms with van der Waals surface area (Å²) in [4.78, 5) is 4.41. The maximum absolute atomic E-state index is 5.57. The zero-order chi connectivity index (χ0) is 12.7. The summed E-state index contributed by atoms with van der Waals surface area (Å²) in [6, 6.07) is 7.97. The Morgan fingerprint density at radius 1 is 1.47 bits per heavy atom. The second kappa shape index (κ2) is 6.91. The Morgan fingerprint density at radius 2 is 2.24 bits per heavy atom. The molecule has 0 amide bonds. The fourth-order valence-electron chi connectivity index (χ4n) is 1.41. The Balaban J connectivity index is 2.89. The van der Waals surface area contributed by atoms with Gasteiger partial charge in [-0.25, -0.2) is 5.84 Å². The SMILES string of the molecule is CCCOc1cccc(C(=NC(C)C)NN)c1. The van der Waals surface area contributed by atoms with Gasteiger partial charge in [-0.1, -0.05) is 19.1 Å². The van der Waals surface area contributed by atoms with Crippen LogP contribution < -0.4 is 16.0 Å². The van der Waals surface area contributed by atoms with Crippen LogP contribution in [0.15, 0.2) is 29.3 Å². The first-order chi connectivity index (χ1) is 8.17. The Bertz CT molecular complexity index is 375. The molecule has 1 aromatic rings. The number of nitrogens with zero attached hydrogens (tertiary/aromatic N) is 1. The van der Waals surface area contributed by atoms with E-state index in [0.717, 1.165) is 24.3 Å². The summed E-state index contributed by atoms with van der Waals surface area (Å²) in [7, 11) is 0. The van der Waals surface area contributed by atoms with Gasteiger partial charge in [-0.05, 0) is 32.4 Å². The first-order valence-corrected chi connectivity index (χ1v) is 5.95. The molecule has 17 heavy (non-hydrogen) atoms. The molecular weight excluding hydrogens is 214 g/mol. The third kappa shape index (κ3) is 4.44. The van der Waals surface area contributed by atoms with Gasteiger partial charge in [-0.3, -0.25) is 4.99 Å². The van der Waals surface area contributed by atoms with Gasteiger partial charge in [0.15, 0.2) is 0 Å². The molecule has 0 saturated heterocycles. The normalized spacial score (nSPS) is 11.7. The van der Waals surface area contributed by atoms with E-state index in [2.05, 4.69) is 17.3 Å². The quantitative estimate of drug-likeness (QED) is 0.355. The number of hydrogen-bond donors (Lipinski definition) is 2. The van der Waals surface area contributed by atoms with Gasteiger partial charge in [-0.2, -0.15) is 0 Å². The van der Waals surface area contributed by atoms with Crippen molar-refractivity contribution in [1.82, 2.24) is 5.43 Å². The minimum absolute atomic E-state index is 0.196. The van der Waals surface area contributed by atoms with E-state index in [1.807, 2.05) is 38.1 Å². The van der Waals surface area contributed by atoms with E-state index in [-0.39, 0.29) is 6.04 Å². The number of nitrogens with one attached hydrogen (secondary N) is 1. The Hall–Kier alpha value is -1.55. The van der Waals surface area contributed by atoms with Crippen LogP contribution in [0, 0.1) is 0 Å². The number of benzene rings is 1. The zero-order valence-electron chi connectivity index (χ0n) is 10.7. The molecule has 3 N–H and O–H groups in total. The number of hydrazine groups is 1. The van der Waals surface area contributed by atoms with Crippen molar-refractivity contribution >= 4 is 5.84 Å². The van der Waals surface area contributed by atoms with Gasteiger partial charge in [0, 0.05) is 11.6 Å². The van der Waals surface area contributed by atoms with E-state index in [4.69, 9.17) is 10.6 Å². The number of nitrogens with two attached hydrogens (primary N) is 1. The fraction of sp³-hybridized carbons (Fsp3) is 0.462. The van der Waals surface area contributed by atoms with Gasteiger partial charge in [0.2, 0.25) is 0 Å². The van der Waals surface area contributed by atoms with Crippen molar-refractivity contribution in [2.45, 2.75) is 33.2 Å². The van der Waals surface area contributed by atoms with Crippen LogP contribution in [0.4, 0.5) is 0 Å². The van der Waals surface area contributed by atoms with Crippen LogP contribution in [0.2, 0.25) is 0 Å². The molecule has 0 fully saturated rings. The van der Waals surface area contributed by atoms with Gasteiger partial charge in [0.1, 0.15) is 11.6 Å².